The zero-order valence-electron chi connectivity index (χ0n) is 24.2. The second kappa shape index (κ2) is 13.1. The molecule has 0 atom stereocenters. The molecule has 41 heavy (non-hydrogen) atoms. The molecule has 4 rings (SSSR count). The fraction of sp³-hybridized carbons (Fsp3) is 0.387. The van der Waals surface area contributed by atoms with Gasteiger partial charge in [0.15, 0.2) is 17.0 Å². The van der Waals surface area contributed by atoms with Crippen LogP contribution in [0.3, 0.4) is 0 Å². The topological polar surface area (TPSA) is 120 Å². The predicted molar refractivity (Wildman–Crippen MR) is 156 cm³/mol. The van der Waals surface area contributed by atoms with Crippen LogP contribution in [0.1, 0.15) is 68.4 Å². The second-order valence-electron chi connectivity index (χ2n) is 9.41. The zero-order valence-corrected chi connectivity index (χ0v) is 24.2. The maximum absolute atomic E-state index is 13.7. The molecule has 0 N–H and O–H groups in total. The third-order valence-corrected chi connectivity index (χ3v) is 6.57. The van der Waals surface area contributed by atoms with Crippen molar-refractivity contribution in [1.82, 2.24) is 14.0 Å². The Morgan fingerprint density at radius 3 is 2.29 bits per heavy atom. The highest BCUT2D eigenvalue weighted by atomic mass is 16.5. The highest BCUT2D eigenvalue weighted by molar-refractivity contribution is 5.96. The first kappa shape index (κ1) is 29.3. The molecule has 0 saturated carbocycles. The van der Waals surface area contributed by atoms with Gasteiger partial charge in [0.1, 0.15) is 17.4 Å². The van der Waals surface area contributed by atoms with E-state index in [0.717, 1.165) is 24.8 Å². The molecule has 10 heteroatoms. The maximum atomic E-state index is 13.7. The van der Waals surface area contributed by atoms with Crippen LogP contribution in [0, 0.1) is 18.3 Å². The number of unbranched alkanes of at least 4 members (excludes halogenated alkanes) is 2. The van der Waals surface area contributed by atoms with Crippen molar-refractivity contribution < 1.29 is 19.0 Å². The molecule has 0 aliphatic carbocycles. The Morgan fingerprint density at radius 1 is 1.00 bits per heavy atom. The van der Waals surface area contributed by atoms with Crippen molar-refractivity contribution in [3.63, 3.8) is 0 Å². The molecule has 0 bridgehead atoms. The quantitative estimate of drug-likeness (QED) is 0.189. The summed E-state index contributed by atoms with van der Waals surface area (Å²) < 4.78 is 20.5. The number of carbonyl (C=O) groups is 1. The summed E-state index contributed by atoms with van der Waals surface area (Å²) in [6.45, 7) is 11.0. The van der Waals surface area contributed by atoms with E-state index in [4.69, 9.17) is 19.2 Å². The minimum atomic E-state index is -0.594. The second-order valence-corrected chi connectivity index (χ2v) is 9.41. The number of hydrogen-bond acceptors (Lipinski definition) is 7. The smallest absolute Gasteiger partial charge is 0.279 e. The normalized spacial score (nSPS) is 11.6. The minimum Gasteiger partial charge on any atom is -0.490 e. The van der Waals surface area contributed by atoms with E-state index >= 15 is 0 Å². The average molecular weight is 558 g/mol. The molecule has 1 amide bonds. The molecule has 0 radical (unpaired) electrons. The number of rotatable bonds is 11. The van der Waals surface area contributed by atoms with Crippen LogP contribution in [-0.2, 0) is 6.54 Å². The summed E-state index contributed by atoms with van der Waals surface area (Å²) in [5.74, 6) is 0.553. The zero-order chi connectivity index (χ0) is 29.5. The fourth-order valence-electron chi connectivity index (χ4n) is 4.69. The third-order valence-electron chi connectivity index (χ3n) is 6.57. The summed E-state index contributed by atoms with van der Waals surface area (Å²) in [6, 6.07) is 10.4. The highest BCUT2D eigenvalue weighted by Crippen LogP contribution is 2.39. The molecule has 4 aromatic rings. The van der Waals surface area contributed by atoms with E-state index in [1.807, 2.05) is 33.8 Å². The lowest BCUT2D eigenvalue weighted by atomic mass is 10.1. The number of amides is 1. The Balaban J connectivity index is 2.01. The molecule has 10 nitrogen and oxygen atoms in total. The van der Waals surface area contributed by atoms with E-state index in [-0.39, 0.29) is 27.6 Å². The monoisotopic (exact) mass is 557 g/mol. The number of nitriles is 1. The number of benzene rings is 1. The van der Waals surface area contributed by atoms with Crippen LogP contribution in [0.25, 0.3) is 16.7 Å². The van der Waals surface area contributed by atoms with Gasteiger partial charge in [-0.05, 0) is 63.9 Å². The lowest BCUT2D eigenvalue weighted by Crippen LogP contribution is -2.30. The average Bonchev–Trinajstić information content (AvgIpc) is 2.96. The van der Waals surface area contributed by atoms with Crippen LogP contribution >= 0.6 is 0 Å². The lowest BCUT2D eigenvalue weighted by Gasteiger charge is -2.16. The molecular formula is C31H35N5O5. The molecule has 214 valence electrons. The molecular weight excluding hydrogens is 522 g/mol. The summed E-state index contributed by atoms with van der Waals surface area (Å²) >= 11 is 0. The number of pyridine rings is 2. The van der Waals surface area contributed by atoms with Gasteiger partial charge in [0.25, 0.3) is 11.5 Å². The SMILES string of the molecule is CCCCCn1c(=NC(=O)c2cc(OCC)c(OCC)c(OCC)c2)c(C#N)cc2c(=O)n3cccc(C)c3nc21. The Labute approximate surface area is 238 Å². The van der Waals surface area contributed by atoms with Crippen molar-refractivity contribution in [3.8, 4) is 23.3 Å². The Morgan fingerprint density at radius 2 is 1.68 bits per heavy atom. The standard InChI is InChI=1S/C31H35N5O5/c1-6-10-11-14-35-28(22(19-32)16-23-29(35)33-27-20(5)13-12-15-36(27)31(23)38)34-30(37)21-17-24(39-7-2)26(41-9-4)25(18-21)40-8-3/h12-13,15-18H,6-11,14H2,1-5H3. The molecule has 0 saturated heterocycles. The van der Waals surface area contributed by atoms with Crippen molar-refractivity contribution in [3.05, 3.63) is 69.1 Å². The molecule has 0 unspecified atom stereocenters. The van der Waals surface area contributed by atoms with Crippen LogP contribution in [0.4, 0.5) is 0 Å². The van der Waals surface area contributed by atoms with E-state index in [9.17, 15) is 14.9 Å². The summed E-state index contributed by atoms with van der Waals surface area (Å²) in [6.07, 6.45) is 4.29. The van der Waals surface area contributed by atoms with Crippen molar-refractivity contribution >= 4 is 22.6 Å². The van der Waals surface area contributed by atoms with Crippen LogP contribution < -0.4 is 25.3 Å². The van der Waals surface area contributed by atoms with Gasteiger partial charge in [-0.15, -0.1) is 0 Å². The largest absolute Gasteiger partial charge is 0.490 e. The van der Waals surface area contributed by atoms with Gasteiger partial charge in [-0.25, -0.2) is 4.98 Å². The van der Waals surface area contributed by atoms with Gasteiger partial charge in [0.2, 0.25) is 5.75 Å². The number of hydrogen-bond donors (Lipinski definition) is 0. The van der Waals surface area contributed by atoms with Gasteiger partial charge in [0, 0.05) is 18.3 Å². The minimum absolute atomic E-state index is 0.106. The fourth-order valence-corrected chi connectivity index (χ4v) is 4.69. The van der Waals surface area contributed by atoms with Crippen molar-refractivity contribution in [2.24, 2.45) is 4.99 Å². The van der Waals surface area contributed by atoms with E-state index in [1.54, 1.807) is 29.0 Å². The van der Waals surface area contributed by atoms with Gasteiger partial charge in [-0.1, -0.05) is 25.8 Å². The summed E-state index contributed by atoms with van der Waals surface area (Å²) in [4.78, 5) is 36.5. The Kier molecular flexibility index (Phi) is 9.40. The lowest BCUT2D eigenvalue weighted by molar-refractivity contribution is 0.0996. The van der Waals surface area contributed by atoms with Crippen LogP contribution in [0.2, 0.25) is 0 Å². The molecule has 3 aromatic heterocycles. The van der Waals surface area contributed by atoms with E-state index < -0.39 is 5.91 Å². The van der Waals surface area contributed by atoms with Crippen molar-refractivity contribution in [2.45, 2.75) is 60.4 Å². The number of ether oxygens (including phenoxy) is 3. The molecule has 0 aliphatic rings. The maximum Gasteiger partial charge on any atom is 0.279 e. The Hall–Kier alpha value is -4.65. The van der Waals surface area contributed by atoms with Gasteiger partial charge in [0.05, 0.1) is 30.8 Å². The first-order valence-electron chi connectivity index (χ1n) is 14.0. The first-order valence-corrected chi connectivity index (χ1v) is 14.0. The first-order chi connectivity index (χ1) is 19.9. The highest BCUT2D eigenvalue weighted by Gasteiger charge is 2.20. The third kappa shape index (κ3) is 5.94. The van der Waals surface area contributed by atoms with Crippen LogP contribution in [0.5, 0.6) is 17.2 Å². The summed E-state index contributed by atoms with van der Waals surface area (Å²) in [5.41, 5.74) is 1.89. The molecule has 0 aliphatic heterocycles. The predicted octanol–water partition coefficient (Wildman–Crippen LogP) is 4.96. The summed E-state index contributed by atoms with van der Waals surface area (Å²) in [5, 5.41) is 10.4. The molecule has 3 heterocycles. The Bertz CT molecular complexity index is 1740. The van der Waals surface area contributed by atoms with Crippen LogP contribution in [0.15, 0.2) is 46.3 Å². The number of aryl methyl sites for hydroxylation is 2. The van der Waals surface area contributed by atoms with E-state index in [0.29, 0.717) is 54.9 Å². The number of aromatic nitrogens is 3. The van der Waals surface area contributed by atoms with Gasteiger partial charge < -0.3 is 18.8 Å². The van der Waals surface area contributed by atoms with Gasteiger partial charge in [-0.2, -0.15) is 10.3 Å². The number of nitrogens with zero attached hydrogens (tertiary/aromatic N) is 5. The molecule has 1 aromatic carbocycles. The van der Waals surface area contributed by atoms with Crippen molar-refractivity contribution in [2.75, 3.05) is 19.8 Å². The molecule has 0 fully saturated rings. The van der Waals surface area contributed by atoms with Crippen molar-refractivity contribution in [1.29, 1.82) is 5.26 Å². The number of carbonyl (C=O) groups excluding carboxylic acids is 1. The van der Waals surface area contributed by atoms with E-state index in [1.165, 1.54) is 10.5 Å². The number of fused-ring (bicyclic) bond motifs is 2. The van der Waals surface area contributed by atoms with Crippen LogP contribution in [-0.4, -0.2) is 39.7 Å². The molecule has 0 spiro atoms. The van der Waals surface area contributed by atoms with Gasteiger partial charge >= 0.3 is 0 Å². The summed E-state index contributed by atoms with van der Waals surface area (Å²) in [7, 11) is 0. The van der Waals surface area contributed by atoms with Gasteiger partial charge in [-0.3, -0.25) is 14.0 Å². The van der Waals surface area contributed by atoms with E-state index in [2.05, 4.69) is 18.0 Å².